The van der Waals surface area contributed by atoms with Crippen molar-refractivity contribution in [2.45, 2.75) is 174 Å². The van der Waals surface area contributed by atoms with E-state index in [-0.39, 0.29) is 67.6 Å². The number of fused-ring (bicyclic) bond motifs is 3. The lowest BCUT2D eigenvalue weighted by molar-refractivity contribution is -0.147. The highest BCUT2D eigenvalue weighted by Crippen LogP contribution is 2.35. The maximum atomic E-state index is 14.9. The minimum Gasteiger partial charge on any atom is -0.381 e. The van der Waals surface area contributed by atoms with Gasteiger partial charge >= 0.3 is 0 Å². The van der Waals surface area contributed by atoms with Crippen LogP contribution in [-0.2, 0) is 61.1 Å². The Morgan fingerprint density at radius 3 is 1.68 bits per heavy atom. The molecule has 4 aromatic rings. The molecule has 2 aliphatic carbocycles. The predicted molar refractivity (Wildman–Crippen MR) is 315 cm³/mol. The molecular formula is C63H83ClN10O7. The fourth-order valence-corrected chi connectivity index (χ4v) is 11.9. The Kier molecular flexibility index (Phi) is 19.0. The zero-order chi connectivity index (χ0) is 58.5. The van der Waals surface area contributed by atoms with Crippen LogP contribution < -0.4 is 42.5 Å². The molecule has 0 saturated carbocycles. The Balaban J connectivity index is 0.971. The second-order valence-electron chi connectivity index (χ2n) is 24.7. The molecule has 1 fully saturated rings. The predicted octanol–water partition coefficient (Wildman–Crippen LogP) is 6.57. The van der Waals surface area contributed by atoms with Crippen molar-refractivity contribution in [1.29, 1.82) is 0 Å². The summed E-state index contributed by atoms with van der Waals surface area (Å²) in [5.41, 5.74) is 6.69. The lowest BCUT2D eigenvalue weighted by Gasteiger charge is -2.42. The molecule has 17 nitrogen and oxygen atoms in total. The largest absolute Gasteiger partial charge is 0.381 e. The third kappa shape index (κ3) is 14.1. The SMILES string of the molecule is CNC(C)C(=O)NC(C(=O)N1Cc2cc(NCc3ccc(C(=O)N[C@H]4C[C@@H](C(=O)N[C@@H]5CCCc6ccccc65)N(C(=O)C(NC(=O)C(C)NC)C(C)(C)C)C4)cc3Cl)ccc2CC1C(=O)N[C@@H]1CCCc2ccccc21)C(C)(C)C. The van der Waals surface area contributed by atoms with E-state index in [0.29, 0.717) is 22.7 Å². The van der Waals surface area contributed by atoms with E-state index in [1.807, 2.05) is 90.1 Å². The van der Waals surface area contributed by atoms with Crippen molar-refractivity contribution in [3.8, 4) is 0 Å². The van der Waals surface area contributed by atoms with E-state index in [1.54, 1.807) is 51.0 Å². The van der Waals surface area contributed by atoms with Crippen molar-refractivity contribution in [2.75, 3.05) is 26.0 Å². The minimum atomic E-state index is -0.962. The van der Waals surface area contributed by atoms with Crippen LogP contribution >= 0.6 is 11.6 Å². The van der Waals surface area contributed by atoms with Crippen LogP contribution in [0.2, 0.25) is 5.02 Å². The molecule has 8 rings (SSSR count). The minimum absolute atomic E-state index is 0.0450. The highest BCUT2D eigenvalue weighted by molar-refractivity contribution is 6.31. The molecule has 81 heavy (non-hydrogen) atoms. The van der Waals surface area contributed by atoms with Gasteiger partial charge in [0.15, 0.2) is 0 Å². The number of amides is 7. The van der Waals surface area contributed by atoms with Gasteiger partial charge in [-0.15, -0.1) is 0 Å². The summed E-state index contributed by atoms with van der Waals surface area (Å²) in [6, 6.07) is 21.4. The van der Waals surface area contributed by atoms with Gasteiger partial charge in [-0.1, -0.05) is 114 Å². The molecule has 0 aromatic heterocycles. The van der Waals surface area contributed by atoms with Crippen molar-refractivity contribution >= 4 is 58.6 Å². The van der Waals surface area contributed by atoms with E-state index in [2.05, 4.69) is 60.7 Å². The summed E-state index contributed by atoms with van der Waals surface area (Å²) in [5, 5.41) is 25.2. The summed E-state index contributed by atoms with van der Waals surface area (Å²) >= 11 is 6.93. The number of nitrogens with one attached hydrogen (secondary N) is 8. The Morgan fingerprint density at radius 2 is 1.15 bits per heavy atom. The van der Waals surface area contributed by atoms with Crippen molar-refractivity contribution in [3.05, 3.63) is 134 Å². The second-order valence-corrected chi connectivity index (χ2v) is 25.1. The molecular weight excluding hydrogens is 1040 g/mol. The number of rotatable bonds is 17. The summed E-state index contributed by atoms with van der Waals surface area (Å²) in [5.74, 6) is -2.41. The Labute approximate surface area is 482 Å². The molecule has 4 aliphatic rings. The third-order valence-corrected chi connectivity index (χ3v) is 17.1. The zero-order valence-electron chi connectivity index (χ0n) is 48.7. The molecule has 0 spiro atoms. The van der Waals surface area contributed by atoms with Crippen molar-refractivity contribution in [2.24, 2.45) is 10.8 Å². The van der Waals surface area contributed by atoms with Gasteiger partial charge in [0.05, 0.1) is 24.2 Å². The van der Waals surface area contributed by atoms with Gasteiger partial charge < -0.3 is 52.3 Å². The normalized spacial score (nSPS) is 21.1. The van der Waals surface area contributed by atoms with Crippen molar-refractivity contribution in [3.63, 3.8) is 0 Å². The third-order valence-electron chi connectivity index (χ3n) is 16.8. The smallest absolute Gasteiger partial charge is 0.251 e. The molecule has 4 aromatic carbocycles. The van der Waals surface area contributed by atoms with Crippen LogP contribution in [0, 0.1) is 10.8 Å². The van der Waals surface area contributed by atoms with Crippen LogP contribution in [0.15, 0.2) is 84.9 Å². The summed E-state index contributed by atoms with van der Waals surface area (Å²) in [6.07, 6.45) is 5.68. The standard InChI is InChI=1S/C63H83ClN10O7/c1-36(65-9)55(75)71-53(62(3,4)5)60(80)73-34-43-29-44(28-27-40(43)31-51(73)58(78)69-49-23-15-19-38-17-11-13-21-46(38)49)67-33-42-26-25-41(30-48(42)64)57(77)68-45-32-52(59(79)70-50-24-16-20-39-18-12-14-22-47(39)50)74(35-45)61(81)54(63(6,7)8)72-56(76)37(2)66-10/h11-14,17-18,21-22,25-30,36-37,45,49-54,65-67H,15-16,19-20,23-24,31-35H2,1-10H3,(H,68,77)(H,69,78)(H,70,79)(H,71,75)(H,72,76)/t36?,37?,45-,49+,50+,51?,52-,53?,54?/m0/s1. The molecule has 5 unspecified atom stereocenters. The number of likely N-dealkylation sites (tertiary alicyclic amines) is 1. The summed E-state index contributed by atoms with van der Waals surface area (Å²) in [4.78, 5) is 102. The first-order valence-electron chi connectivity index (χ1n) is 28.7. The number of aryl methyl sites for hydroxylation is 2. The highest BCUT2D eigenvalue weighted by Gasteiger charge is 2.47. The van der Waals surface area contributed by atoms with Gasteiger partial charge in [-0.25, -0.2) is 0 Å². The molecule has 1 saturated heterocycles. The fourth-order valence-electron chi connectivity index (χ4n) is 11.7. The maximum absolute atomic E-state index is 14.9. The summed E-state index contributed by atoms with van der Waals surface area (Å²) in [7, 11) is 3.35. The number of hydrogen-bond acceptors (Lipinski definition) is 10. The highest BCUT2D eigenvalue weighted by atomic mass is 35.5. The Morgan fingerprint density at radius 1 is 0.617 bits per heavy atom. The first-order valence-corrected chi connectivity index (χ1v) is 29.1. The van der Waals surface area contributed by atoms with Gasteiger partial charge in [-0.2, -0.15) is 0 Å². The number of hydrogen-bond donors (Lipinski definition) is 8. The van der Waals surface area contributed by atoms with Crippen LogP contribution in [0.1, 0.15) is 149 Å². The number of carbonyl (C=O) groups is 7. The number of halogens is 1. The van der Waals surface area contributed by atoms with Crippen LogP contribution in [0.5, 0.6) is 0 Å². The Bertz CT molecular complexity index is 3010. The number of carbonyl (C=O) groups excluding carboxylic acids is 7. The average Bonchev–Trinajstić information content (AvgIpc) is 4.02. The first kappa shape index (κ1) is 60.3. The quantitative estimate of drug-likeness (QED) is 0.0568. The van der Waals surface area contributed by atoms with Gasteiger partial charge in [-0.3, -0.25) is 33.6 Å². The van der Waals surface area contributed by atoms with Crippen molar-refractivity contribution in [1.82, 2.24) is 47.0 Å². The number of benzene rings is 4. The topological polar surface area (TPSA) is 222 Å². The van der Waals surface area contributed by atoms with Crippen LogP contribution in [-0.4, -0.2) is 114 Å². The molecule has 2 aliphatic heterocycles. The number of nitrogens with zero attached hydrogens (tertiary/aromatic N) is 2. The van der Waals surface area contributed by atoms with Gasteiger partial charge in [0, 0.05) is 48.4 Å². The van der Waals surface area contributed by atoms with Gasteiger partial charge in [0.1, 0.15) is 24.2 Å². The Hall–Kier alpha value is -6.82. The maximum Gasteiger partial charge on any atom is 0.251 e. The van der Waals surface area contributed by atoms with E-state index >= 15 is 0 Å². The van der Waals surface area contributed by atoms with Crippen molar-refractivity contribution < 1.29 is 33.6 Å². The van der Waals surface area contributed by atoms with Crippen LogP contribution in [0.3, 0.4) is 0 Å². The number of anilines is 1. The summed E-state index contributed by atoms with van der Waals surface area (Å²) in [6.45, 7) is 15.2. The molecule has 434 valence electrons. The zero-order valence-corrected chi connectivity index (χ0v) is 49.4. The fraction of sp³-hybridized carbons (Fsp3) is 0.508. The van der Waals surface area contributed by atoms with E-state index in [9.17, 15) is 33.6 Å². The molecule has 0 radical (unpaired) electrons. The molecule has 2 heterocycles. The van der Waals surface area contributed by atoms with E-state index in [4.69, 9.17) is 11.6 Å². The number of likely N-dealkylation sites (N-methyl/N-ethyl adjacent to an activating group) is 2. The van der Waals surface area contributed by atoms with Crippen LogP contribution in [0.25, 0.3) is 0 Å². The lowest BCUT2D eigenvalue weighted by atomic mass is 9.83. The molecule has 7 amide bonds. The monoisotopic (exact) mass is 1130 g/mol. The molecule has 8 N–H and O–H groups in total. The van der Waals surface area contributed by atoms with E-state index < -0.39 is 64.9 Å². The van der Waals surface area contributed by atoms with E-state index in [1.165, 1.54) is 16.0 Å². The molecule has 0 bridgehead atoms. The van der Waals surface area contributed by atoms with Gasteiger partial charge in [0.25, 0.3) is 5.91 Å². The average molecular weight is 1130 g/mol. The van der Waals surface area contributed by atoms with Gasteiger partial charge in [-0.05, 0) is 147 Å². The van der Waals surface area contributed by atoms with E-state index in [0.717, 1.165) is 66.5 Å². The second kappa shape index (κ2) is 25.5. The van der Waals surface area contributed by atoms with Gasteiger partial charge in [0.2, 0.25) is 35.4 Å². The molecule has 9 atom stereocenters. The van der Waals surface area contributed by atoms with Crippen LogP contribution in [0.4, 0.5) is 5.69 Å². The lowest BCUT2D eigenvalue weighted by Crippen LogP contribution is -2.62. The summed E-state index contributed by atoms with van der Waals surface area (Å²) < 4.78 is 0. The molecule has 18 heteroatoms. The first-order chi connectivity index (χ1) is 38.4.